The first kappa shape index (κ1) is 11.7. The van der Waals surface area contributed by atoms with Gasteiger partial charge in [-0.15, -0.1) is 0 Å². The quantitative estimate of drug-likeness (QED) is 0.616. The Morgan fingerprint density at radius 2 is 2.24 bits per heavy atom. The minimum Gasteiger partial charge on any atom is -0.490 e. The molecule has 0 spiro atoms. The van der Waals surface area contributed by atoms with Crippen molar-refractivity contribution in [3.05, 3.63) is 23.8 Å². The zero-order valence-electron chi connectivity index (χ0n) is 9.80. The van der Waals surface area contributed by atoms with Gasteiger partial charge in [-0.1, -0.05) is 5.16 Å². The van der Waals surface area contributed by atoms with Gasteiger partial charge in [-0.3, -0.25) is 0 Å². The monoisotopic (exact) mass is 237 g/mol. The van der Waals surface area contributed by atoms with E-state index in [1.165, 1.54) is 0 Å². The third-order valence-corrected chi connectivity index (χ3v) is 2.34. The van der Waals surface area contributed by atoms with Crippen LogP contribution >= 0.6 is 0 Å². The zero-order chi connectivity index (χ0) is 12.5. The van der Waals surface area contributed by atoms with Crippen LogP contribution in [0.1, 0.15) is 19.4 Å². The minimum absolute atomic E-state index is 0.201. The highest BCUT2D eigenvalue weighted by atomic mass is 16.5. The smallest absolute Gasteiger partial charge is 0.134 e. The summed E-state index contributed by atoms with van der Waals surface area (Å²) in [7, 11) is 0. The van der Waals surface area contributed by atoms with E-state index in [1.54, 1.807) is 32.0 Å². The number of oxime groups is 1. The van der Waals surface area contributed by atoms with Crippen molar-refractivity contribution in [1.82, 2.24) is 0 Å². The minimum atomic E-state index is -0.877. The molecular formula is C12H15NO4. The number of nitrogens with zero attached hydrogens (tertiary/aromatic N) is 1. The van der Waals surface area contributed by atoms with Crippen molar-refractivity contribution in [1.29, 1.82) is 0 Å². The second-order valence-electron chi connectivity index (χ2n) is 4.59. The predicted octanol–water partition coefficient (Wildman–Crippen LogP) is 1.41. The molecule has 0 fully saturated rings. The average molecular weight is 237 g/mol. The van der Waals surface area contributed by atoms with E-state index in [4.69, 9.17) is 14.7 Å². The first-order valence-electron chi connectivity index (χ1n) is 5.33. The topological polar surface area (TPSA) is 71.3 Å². The molecule has 0 atom stereocenters. The van der Waals surface area contributed by atoms with Crippen molar-refractivity contribution >= 4 is 5.71 Å². The lowest BCUT2D eigenvalue weighted by Gasteiger charge is -2.17. The molecule has 1 aromatic carbocycles. The lowest BCUT2D eigenvalue weighted by Crippen LogP contribution is -2.27. The Balaban J connectivity index is 2.13. The first-order chi connectivity index (χ1) is 7.99. The molecule has 0 aromatic heterocycles. The van der Waals surface area contributed by atoms with E-state index in [2.05, 4.69) is 5.16 Å². The SMILES string of the molecule is CC(C)(O)COc1ccc2c(c1)OC/C2=N\O. The molecule has 1 aliphatic heterocycles. The molecular weight excluding hydrogens is 222 g/mol. The van der Waals surface area contributed by atoms with Gasteiger partial charge >= 0.3 is 0 Å². The Morgan fingerprint density at radius 1 is 1.47 bits per heavy atom. The molecule has 0 radical (unpaired) electrons. The van der Waals surface area contributed by atoms with Crippen molar-refractivity contribution < 1.29 is 19.8 Å². The van der Waals surface area contributed by atoms with Crippen molar-refractivity contribution in [2.45, 2.75) is 19.4 Å². The van der Waals surface area contributed by atoms with Gasteiger partial charge in [0.25, 0.3) is 0 Å². The van der Waals surface area contributed by atoms with E-state index >= 15 is 0 Å². The lowest BCUT2D eigenvalue weighted by atomic mass is 10.1. The largest absolute Gasteiger partial charge is 0.490 e. The number of fused-ring (bicyclic) bond motifs is 1. The fourth-order valence-corrected chi connectivity index (χ4v) is 1.52. The highest BCUT2D eigenvalue weighted by Crippen LogP contribution is 2.30. The Hall–Kier alpha value is -1.75. The molecule has 0 bridgehead atoms. The summed E-state index contributed by atoms with van der Waals surface area (Å²) in [5.41, 5.74) is 0.398. The molecule has 2 N–H and O–H groups in total. The third kappa shape index (κ3) is 2.68. The van der Waals surface area contributed by atoms with Gasteiger partial charge in [0, 0.05) is 11.6 Å². The van der Waals surface area contributed by atoms with Gasteiger partial charge in [-0.2, -0.15) is 0 Å². The summed E-state index contributed by atoms with van der Waals surface area (Å²) in [6.45, 7) is 3.81. The van der Waals surface area contributed by atoms with Crippen LogP contribution in [0.3, 0.4) is 0 Å². The fraction of sp³-hybridized carbons (Fsp3) is 0.417. The number of benzene rings is 1. The van der Waals surface area contributed by atoms with Crippen LogP contribution in [0.2, 0.25) is 0 Å². The van der Waals surface area contributed by atoms with E-state index in [-0.39, 0.29) is 13.2 Å². The molecule has 5 heteroatoms. The highest BCUT2D eigenvalue weighted by Gasteiger charge is 2.21. The van der Waals surface area contributed by atoms with Crippen molar-refractivity contribution in [3.63, 3.8) is 0 Å². The fourth-order valence-electron chi connectivity index (χ4n) is 1.52. The van der Waals surface area contributed by atoms with Crippen molar-refractivity contribution in [3.8, 4) is 11.5 Å². The number of hydrogen-bond acceptors (Lipinski definition) is 5. The number of rotatable bonds is 3. The lowest BCUT2D eigenvalue weighted by molar-refractivity contribution is 0.0284. The molecule has 1 aromatic rings. The van der Waals surface area contributed by atoms with E-state index in [1.807, 2.05) is 0 Å². The summed E-state index contributed by atoms with van der Waals surface area (Å²) in [4.78, 5) is 0. The van der Waals surface area contributed by atoms with Crippen LogP contribution in [0, 0.1) is 0 Å². The summed E-state index contributed by atoms with van der Waals surface area (Å²) >= 11 is 0. The molecule has 2 rings (SSSR count). The third-order valence-electron chi connectivity index (χ3n) is 2.34. The van der Waals surface area contributed by atoms with Crippen LogP contribution in [0.5, 0.6) is 11.5 Å². The van der Waals surface area contributed by atoms with Gasteiger partial charge in [0.15, 0.2) is 0 Å². The van der Waals surface area contributed by atoms with E-state index < -0.39 is 5.60 Å². The average Bonchev–Trinajstić information content (AvgIpc) is 2.67. The van der Waals surface area contributed by atoms with Crippen LogP contribution in [-0.2, 0) is 0 Å². The standard InChI is InChI=1S/C12H15NO4/c1-12(2,14)7-17-8-3-4-9-10(13-15)6-16-11(9)5-8/h3-5,14-15H,6-7H2,1-2H3/b13-10+. The molecule has 5 nitrogen and oxygen atoms in total. The Kier molecular flexibility index (Phi) is 2.93. The summed E-state index contributed by atoms with van der Waals surface area (Å²) in [6.07, 6.45) is 0. The van der Waals surface area contributed by atoms with Gasteiger partial charge in [0.2, 0.25) is 0 Å². The van der Waals surface area contributed by atoms with Crippen LogP contribution in [0.4, 0.5) is 0 Å². The Labute approximate surface area is 99.3 Å². The zero-order valence-corrected chi connectivity index (χ0v) is 9.80. The Morgan fingerprint density at radius 3 is 2.88 bits per heavy atom. The van der Waals surface area contributed by atoms with Gasteiger partial charge in [0.05, 0.1) is 5.60 Å². The van der Waals surface area contributed by atoms with Crippen LogP contribution in [0.25, 0.3) is 0 Å². The van der Waals surface area contributed by atoms with Crippen LogP contribution < -0.4 is 9.47 Å². The van der Waals surface area contributed by atoms with Crippen LogP contribution in [0.15, 0.2) is 23.4 Å². The summed E-state index contributed by atoms with van der Waals surface area (Å²) in [5.74, 6) is 1.25. The number of ether oxygens (including phenoxy) is 2. The number of hydrogen-bond donors (Lipinski definition) is 2. The number of aliphatic hydroxyl groups is 1. The Bertz CT molecular complexity index is 448. The maximum absolute atomic E-state index is 9.54. The summed E-state index contributed by atoms with van der Waals surface area (Å²) in [6, 6.07) is 5.25. The first-order valence-corrected chi connectivity index (χ1v) is 5.33. The maximum Gasteiger partial charge on any atom is 0.134 e. The second kappa shape index (κ2) is 4.25. The molecule has 92 valence electrons. The molecule has 0 saturated heterocycles. The molecule has 0 unspecified atom stereocenters. The van der Waals surface area contributed by atoms with Gasteiger partial charge in [0.1, 0.15) is 30.4 Å². The molecule has 1 aliphatic rings. The van der Waals surface area contributed by atoms with Crippen molar-refractivity contribution in [2.75, 3.05) is 13.2 Å². The highest BCUT2D eigenvalue weighted by molar-refractivity contribution is 6.05. The predicted molar refractivity (Wildman–Crippen MR) is 62.1 cm³/mol. The van der Waals surface area contributed by atoms with Gasteiger partial charge in [-0.05, 0) is 26.0 Å². The van der Waals surface area contributed by atoms with E-state index in [9.17, 15) is 5.11 Å². The normalized spacial score (nSPS) is 16.8. The molecule has 0 saturated carbocycles. The van der Waals surface area contributed by atoms with Crippen molar-refractivity contribution in [2.24, 2.45) is 5.16 Å². The second-order valence-corrected chi connectivity index (χ2v) is 4.59. The van der Waals surface area contributed by atoms with Gasteiger partial charge < -0.3 is 19.8 Å². The van der Waals surface area contributed by atoms with Gasteiger partial charge in [-0.25, -0.2) is 0 Å². The molecule has 17 heavy (non-hydrogen) atoms. The molecule has 0 amide bonds. The van der Waals surface area contributed by atoms with Crippen LogP contribution in [-0.4, -0.2) is 34.8 Å². The van der Waals surface area contributed by atoms with E-state index in [0.29, 0.717) is 17.2 Å². The summed E-state index contributed by atoms with van der Waals surface area (Å²) in [5, 5.41) is 21.4. The van der Waals surface area contributed by atoms with E-state index in [0.717, 1.165) is 5.56 Å². The molecule has 1 heterocycles. The summed E-state index contributed by atoms with van der Waals surface area (Å²) < 4.78 is 10.8. The molecule has 0 aliphatic carbocycles. The maximum atomic E-state index is 9.54.